The number of unbranched alkanes of at least 4 members (excludes halogenated alkanes) is 1. The van der Waals surface area contributed by atoms with Crippen molar-refractivity contribution in [1.82, 2.24) is 0 Å². The highest BCUT2D eigenvalue weighted by molar-refractivity contribution is 5.75. The zero-order valence-electron chi connectivity index (χ0n) is 10.4. The number of hydrogen-bond acceptors (Lipinski definition) is 5. The second kappa shape index (κ2) is 9.64. The molecule has 0 amide bonds. The van der Waals surface area contributed by atoms with Crippen LogP contribution in [0.3, 0.4) is 0 Å². The Bertz CT molecular complexity index is 283. The van der Waals surface area contributed by atoms with E-state index in [0.29, 0.717) is 32.3 Å². The number of hydrogen-bond donors (Lipinski definition) is 0. The van der Waals surface area contributed by atoms with Crippen molar-refractivity contribution in [3.63, 3.8) is 0 Å². The summed E-state index contributed by atoms with van der Waals surface area (Å²) in [5.41, 5.74) is 0. The third kappa shape index (κ3) is 7.34. The van der Waals surface area contributed by atoms with Crippen LogP contribution in [-0.2, 0) is 19.1 Å². The second-order valence-corrected chi connectivity index (χ2v) is 3.48. The molecule has 0 aromatic rings. The first kappa shape index (κ1) is 15.4. The van der Waals surface area contributed by atoms with E-state index in [1.54, 1.807) is 13.8 Å². The monoisotopic (exact) mass is 241 g/mol. The lowest BCUT2D eigenvalue weighted by Gasteiger charge is -2.07. The van der Waals surface area contributed by atoms with Crippen LogP contribution in [0, 0.1) is 17.2 Å². The number of carbonyl (C=O) groups is 2. The van der Waals surface area contributed by atoms with Crippen molar-refractivity contribution in [1.29, 1.82) is 5.26 Å². The molecular weight excluding hydrogens is 222 g/mol. The van der Waals surface area contributed by atoms with E-state index in [1.807, 2.05) is 6.07 Å². The Morgan fingerprint density at radius 2 is 1.82 bits per heavy atom. The van der Waals surface area contributed by atoms with Crippen molar-refractivity contribution in [3.05, 3.63) is 0 Å². The Morgan fingerprint density at radius 3 is 2.35 bits per heavy atom. The van der Waals surface area contributed by atoms with Gasteiger partial charge in [-0.3, -0.25) is 9.59 Å². The summed E-state index contributed by atoms with van der Waals surface area (Å²) in [5, 5.41) is 8.77. The highest BCUT2D eigenvalue weighted by atomic mass is 16.5. The molecule has 0 radical (unpaired) electrons. The van der Waals surface area contributed by atoms with Gasteiger partial charge in [0.2, 0.25) is 0 Å². The number of nitrogens with zero attached hydrogens (tertiary/aromatic N) is 1. The van der Waals surface area contributed by atoms with Crippen molar-refractivity contribution in [2.75, 3.05) is 13.2 Å². The van der Waals surface area contributed by atoms with E-state index in [2.05, 4.69) is 0 Å². The maximum Gasteiger partial charge on any atom is 0.323 e. The van der Waals surface area contributed by atoms with Crippen LogP contribution in [0.2, 0.25) is 0 Å². The minimum atomic E-state index is -0.725. The molecule has 0 aliphatic heterocycles. The minimum absolute atomic E-state index is 0.239. The molecule has 0 bridgehead atoms. The van der Waals surface area contributed by atoms with E-state index in [9.17, 15) is 9.59 Å². The molecule has 17 heavy (non-hydrogen) atoms. The fourth-order valence-electron chi connectivity index (χ4n) is 1.33. The Morgan fingerprint density at radius 1 is 1.18 bits per heavy atom. The van der Waals surface area contributed by atoms with Crippen molar-refractivity contribution < 1.29 is 19.1 Å². The third-order valence-corrected chi connectivity index (χ3v) is 2.16. The molecule has 0 aliphatic rings. The minimum Gasteiger partial charge on any atom is -0.466 e. The molecule has 0 spiro atoms. The van der Waals surface area contributed by atoms with Gasteiger partial charge < -0.3 is 9.47 Å². The van der Waals surface area contributed by atoms with Gasteiger partial charge in [-0.15, -0.1) is 0 Å². The first-order valence-electron chi connectivity index (χ1n) is 5.87. The summed E-state index contributed by atoms with van der Waals surface area (Å²) in [4.78, 5) is 22.3. The quantitative estimate of drug-likeness (QED) is 0.478. The largest absolute Gasteiger partial charge is 0.466 e. The molecule has 0 aromatic heterocycles. The van der Waals surface area contributed by atoms with Crippen LogP contribution >= 0.6 is 0 Å². The first-order valence-corrected chi connectivity index (χ1v) is 5.87. The Kier molecular flexibility index (Phi) is 8.75. The molecule has 1 unspecified atom stereocenters. The lowest BCUT2D eigenvalue weighted by atomic mass is 10.0. The Labute approximate surface area is 102 Å². The van der Waals surface area contributed by atoms with Gasteiger partial charge in [0.15, 0.2) is 0 Å². The maximum atomic E-state index is 11.3. The molecule has 5 heteroatoms. The highest BCUT2D eigenvalue weighted by Crippen LogP contribution is 2.11. The van der Waals surface area contributed by atoms with Crippen LogP contribution in [0.15, 0.2) is 0 Å². The smallest absolute Gasteiger partial charge is 0.323 e. The van der Waals surface area contributed by atoms with Gasteiger partial charge in [0.05, 0.1) is 19.3 Å². The summed E-state index contributed by atoms with van der Waals surface area (Å²) in [6, 6.07) is 1.91. The highest BCUT2D eigenvalue weighted by Gasteiger charge is 2.18. The Balaban J connectivity index is 3.75. The lowest BCUT2D eigenvalue weighted by Crippen LogP contribution is -2.16. The van der Waals surface area contributed by atoms with Gasteiger partial charge in [0.1, 0.15) is 5.92 Å². The van der Waals surface area contributed by atoms with Crippen molar-refractivity contribution in [2.45, 2.75) is 39.5 Å². The molecule has 0 rings (SSSR count). The van der Waals surface area contributed by atoms with Gasteiger partial charge in [-0.2, -0.15) is 5.26 Å². The summed E-state index contributed by atoms with van der Waals surface area (Å²) in [7, 11) is 0. The average molecular weight is 241 g/mol. The number of ether oxygens (including phenoxy) is 2. The van der Waals surface area contributed by atoms with Gasteiger partial charge >= 0.3 is 11.9 Å². The zero-order chi connectivity index (χ0) is 13.1. The summed E-state index contributed by atoms with van der Waals surface area (Å²) in [6.45, 7) is 4.11. The van der Waals surface area contributed by atoms with Crippen LogP contribution in [0.1, 0.15) is 39.5 Å². The molecule has 0 fully saturated rings. The topological polar surface area (TPSA) is 76.4 Å². The maximum absolute atomic E-state index is 11.3. The second-order valence-electron chi connectivity index (χ2n) is 3.48. The van der Waals surface area contributed by atoms with Crippen LogP contribution < -0.4 is 0 Å². The molecule has 0 heterocycles. The van der Waals surface area contributed by atoms with E-state index < -0.39 is 11.9 Å². The molecule has 96 valence electrons. The molecule has 5 nitrogen and oxygen atoms in total. The van der Waals surface area contributed by atoms with Gasteiger partial charge in [-0.25, -0.2) is 0 Å². The number of carbonyl (C=O) groups excluding carboxylic acids is 2. The van der Waals surface area contributed by atoms with Gasteiger partial charge in [0.25, 0.3) is 0 Å². The molecule has 1 atom stereocenters. The van der Waals surface area contributed by atoms with E-state index in [-0.39, 0.29) is 12.6 Å². The Hall–Kier alpha value is -1.57. The third-order valence-electron chi connectivity index (χ3n) is 2.16. The van der Waals surface area contributed by atoms with E-state index in [0.717, 1.165) is 0 Å². The molecular formula is C12H19NO4. The summed E-state index contributed by atoms with van der Waals surface area (Å²) < 4.78 is 9.52. The predicted molar refractivity (Wildman–Crippen MR) is 60.8 cm³/mol. The van der Waals surface area contributed by atoms with Crippen LogP contribution in [0.4, 0.5) is 0 Å². The van der Waals surface area contributed by atoms with Gasteiger partial charge in [-0.1, -0.05) is 6.42 Å². The van der Waals surface area contributed by atoms with E-state index in [4.69, 9.17) is 14.7 Å². The average Bonchev–Trinajstić information content (AvgIpc) is 2.29. The van der Waals surface area contributed by atoms with Crippen LogP contribution in [0.25, 0.3) is 0 Å². The number of nitriles is 1. The van der Waals surface area contributed by atoms with Crippen LogP contribution in [0.5, 0.6) is 0 Å². The summed E-state index contributed by atoms with van der Waals surface area (Å²) >= 11 is 0. The molecule has 0 saturated carbocycles. The first-order chi connectivity index (χ1) is 8.15. The molecule has 0 N–H and O–H groups in total. The summed E-state index contributed by atoms with van der Waals surface area (Å²) in [6.07, 6.45) is 2.01. The van der Waals surface area contributed by atoms with E-state index in [1.165, 1.54) is 0 Å². The van der Waals surface area contributed by atoms with Gasteiger partial charge in [-0.05, 0) is 26.7 Å². The SMILES string of the molecule is CCOC(=O)CCCCC(C#N)C(=O)OCC. The zero-order valence-corrected chi connectivity index (χ0v) is 10.4. The molecule has 0 aliphatic carbocycles. The van der Waals surface area contributed by atoms with Gasteiger partial charge in [0, 0.05) is 6.42 Å². The fraction of sp³-hybridized carbons (Fsp3) is 0.750. The normalized spacial score (nSPS) is 11.4. The van der Waals surface area contributed by atoms with Crippen LogP contribution in [-0.4, -0.2) is 25.2 Å². The standard InChI is InChI=1S/C12H19NO4/c1-3-16-11(14)8-6-5-7-10(9-13)12(15)17-4-2/h10H,3-8H2,1-2H3. The predicted octanol–water partition coefficient (Wildman–Crippen LogP) is 1.81. The van der Waals surface area contributed by atoms with Crippen molar-refractivity contribution in [2.24, 2.45) is 5.92 Å². The lowest BCUT2D eigenvalue weighted by molar-refractivity contribution is -0.146. The number of rotatable bonds is 8. The molecule has 0 aromatic carbocycles. The fourth-order valence-corrected chi connectivity index (χ4v) is 1.33. The number of esters is 2. The van der Waals surface area contributed by atoms with Crippen molar-refractivity contribution >= 4 is 11.9 Å². The van der Waals surface area contributed by atoms with Crippen molar-refractivity contribution in [3.8, 4) is 6.07 Å². The van der Waals surface area contributed by atoms with E-state index >= 15 is 0 Å². The summed E-state index contributed by atoms with van der Waals surface area (Å²) in [5.74, 6) is -1.44. The molecule has 0 saturated heterocycles.